The molecule has 1 aliphatic heterocycles. The molecule has 2 amide bonds. The number of piperazine rings is 1. The molecule has 0 aliphatic carbocycles. The van der Waals surface area contributed by atoms with E-state index >= 15 is 0 Å². The van der Waals surface area contributed by atoms with Crippen molar-refractivity contribution in [2.75, 3.05) is 20.1 Å². The van der Waals surface area contributed by atoms with Crippen molar-refractivity contribution < 1.29 is 9.59 Å². The minimum absolute atomic E-state index is 0.0182. The summed E-state index contributed by atoms with van der Waals surface area (Å²) in [6.07, 6.45) is 0. The molecule has 2 rings (SSSR count). The van der Waals surface area contributed by atoms with Gasteiger partial charge in [0.15, 0.2) is 0 Å². The minimum Gasteiger partial charge on any atom is -0.342 e. The molecular weight excluding hydrogens is 258 g/mol. The molecule has 1 N–H and O–H groups in total. The predicted molar refractivity (Wildman–Crippen MR) is 74.4 cm³/mol. The van der Waals surface area contributed by atoms with Gasteiger partial charge in [0, 0.05) is 26.2 Å². The van der Waals surface area contributed by atoms with Crippen molar-refractivity contribution in [1.29, 1.82) is 0 Å². The van der Waals surface area contributed by atoms with Gasteiger partial charge in [-0.25, -0.2) is 0 Å². The highest BCUT2D eigenvalue weighted by molar-refractivity contribution is 5.96. The number of hydrogen-bond acceptors (Lipinski definition) is 3. The van der Waals surface area contributed by atoms with Crippen LogP contribution in [0.2, 0.25) is 0 Å². The van der Waals surface area contributed by atoms with Crippen molar-refractivity contribution in [3.8, 4) is 0 Å². The Kier molecular flexibility index (Phi) is 3.92. The van der Waals surface area contributed by atoms with E-state index in [4.69, 9.17) is 0 Å². The van der Waals surface area contributed by atoms with Crippen LogP contribution in [-0.4, -0.2) is 52.8 Å². The average molecular weight is 277 g/mol. The van der Waals surface area contributed by atoms with Gasteiger partial charge in [-0.3, -0.25) is 14.4 Å². The summed E-state index contributed by atoms with van der Waals surface area (Å²) in [5.74, 6) is -0.342. The second-order valence-corrected chi connectivity index (χ2v) is 5.38. The third kappa shape index (κ3) is 2.59. The fourth-order valence-corrected chi connectivity index (χ4v) is 2.47. The zero-order valence-corrected chi connectivity index (χ0v) is 11.9. The summed E-state index contributed by atoms with van der Waals surface area (Å²) < 4.78 is 0. The van der Waals surface area contributed by atoms with E-state index in [0.717, 1.165) is 0 Å². The molecule has 20 heavy (non-hydrogen) atoms. The molecule has 0 bridgehead atoms. The molecule has 6 nitrogen and oxygen atoms in total. The van der Waals surface area contributed by atoms with Gasteiger partial charge in [0.25, 0.3) is 5.91 Å². The Hall–Kier alpha value is -2.11. The quantitative estimate of drug-likeness (QED) is 0.845. The Morgan fingerprint density at radius 3 is 2.60 bits per heavy atom. The first-order valence-corrected chi connectivity index (χ1v) is 6.67. The second-order valence-electron chi connectivity index (χ2n) is 5.38. The van der Waals surface area contributed by atoms with Gasteiger partial charge in [-0.05, 0) is 12.0 Å². The molecule has 1 aromatic heterocycles. The van der Waals surface area contributed by atoms with Crippen molar-refractivity contribution in [2.45, 2.75) is 19.9 Å². The summed E-state index contributed by atoms with van der Waals surface area (Å²) in [5.41, 5.74) is -0.0992. The Bertz CT molecular complexity index is 579. The van der Waals surface area contributed by atoms with E-state index in [0.29, 0.717) is 13.1 Å². The summed E-state index contributed by atoms with van der Waals surface area (Å²) in [6.45, 7) is 4.80. The van der Waals surface area contributed by atoms with Crippen molar-refractivity contribution >= 4 is 11.8 Å². The number of aromatic nitrogens is 1. The Morgan fingerprint density at radius 1 is 1.30 bits per heavy atom. The lowest BCUT2D eigenvalue weighted by atomic mass is 9.98. The third-order valence-corrected chi connectivity index (χ3v) is 3.53. The largest absolute Gasteiger partial charge is 0.342 e. The topological polar surface area (TPSA) is 73.5 Å². The molecule has 0 saturated carbocycles. The number of aromatic amines is 1. The summed E-state index contributed by atoms with van der Waals surface area (Å²) in [5, 5.41) is 0. The van der Waals surface area contributed by atoms with E-state index in [1.165, 1.54) is 12.1 Å². The number of hydrogen-bond donors (Lipinski definition) is 1. The van der Waals surface area contributed by atoms with Crippen molar-refractivity contribution in [3.05, 3.63) is 34.2 Å². The highest BCUT2D eigenvalue weighted by atomic mass is 16.2. The SMILES string of the molecule is CC(C)[C@H]1C(=O)N(C)CCN1C(=O)c1cccc(=O)[nH]1. The van der Waals surface area contributed by atoms with E-state index in [9.17, 15) is 14.4 Å². The number of carbonyl (C=O) groups is 2. The van der Waals surface area contributed by atoms with Crippen molar-refractivity contribution in [2.24, 2.45) is 5.92 Å². The molecule has 0 radical (unpaired) electrons. The van der Waals surface area contributed by atoms with Gasteiger partial charge < -0.3 is 14.8 Å². The molecule has 1 aromatic rings. The van der Waals surface area contributed by atoms with E-state index in [-0.39, 0.29) is 29.0 Å². The van der Waals surface area contributed by atoms with E-state index in [2.05, 4.69) is 4.98 Å². The molecule has 0 spiro atoms. The molecule has 1 fully saturated rings. The van der Waals surface area contributed by atoms with Crippen LogP contribution >= 0.6 is 0 Å². The number of nitrogens with zero attached hydrogens (tertiary/aromatic N) is 2. The van der Waals surface area contributed by atoms with Crippen LogP contribution in [0, 0.1) is 5.92 Å². The van der Waals surface area contributed by atoms with Gasteiger partial charge in [0.05, 0.1) is 0 Å². The normalized spacial score (nSPS) is 19.6. The number of nitrogens with one attached hydrogen (secondary N) is 1. The van der Waals surface area contributed by atoms with Crippen molar-refractivity contribution in [3.63, 3.8) is 0 Å². The maximum absolute atomic E-state index is 12.5. The first kappa shape index (κ1) is 14.3. The molecule has 2 heterocycles. The number of pyridine rings is 1. The molecule has 0 unspecified atom stereocenters. The predicted octanol–water partition coefficient (Wildman–Crippen LogP) is 0.314. The third-order valence-electron chi connectivity index (χ3n) is 3.53. The zero-order valence-electron chi connectivity index (χ0n) is 11.9. The molecule has 0 aromatic carbocycles. The Balaban J connectivity index is 2.32. The average Bonchev–Trinajstić information content (AvgIpc) is 2.40. The number of likely N-dealkylation sites (N-methyl/N-ethyl adjacent to an activating group) is 1. The first-order valence-electron chi connectivity index (χ1n) is 6.67. The van der Waals surface area contributed by atoms with Gasteiger partial charge in [0.2, 0.25) is 11.5 Å². The lowest BCUT2D eigenvalue weighted by Gasteiger charge is -2.41. The van der Waals surface area contributed by atoms with E-state index in [1.807, 2.05) is 13.8 Å². The van der Waals surface area contributed by atoms with Crippen LogP contribution < -0.4 is 5.56 Å². The number of rotatable bonds is 2. The van der Waals surface area contributed by atoms with Crippen LogP contribution in [-0.2, 0) is 4.79 Å². The summed E-state index contributed by atoms with van der Waals surface area (Å²) >= 11 is 0. The van der Waals surface area contributed by atoms with Gasteiger partial charge in [-0.15, -0.1) is 0 Å². The monoisotopic (exact) mass is 277 g/mol. The molecule has 6 heteroatoms. The second kappa shape index (κ2) is 5.48. The van der Waals surface area contributed by atoms with Gasteiger partial charge in [0.1, 0.15) is 11.7 Å². The van der Waals surface area contributed by atoms with Crippen molar-refractivity contribution in [1.82, 2.24) is 14.8 Å². The number of carbonyl (C=O) groups excluding carboxylic acids is 2. The standard InChI is InChI=1S/C14H19N3O3/c1-9(2)12-14(20)16(3)7-8-17(12)13(19)10-5-4-6-11(18)15-10/h4-6,9,12H,7-8H2,1-3H3,(H,15,18)/t12-/m0/s1. The van der Waals surface area contributed by atoms with Gasteiger partial charge >= 0.3 is 0 Å². The Morgan fingerprint density at radius 2 is 2.00 bits per heavy atom. The van der Waals surface area contributed by atoms with Crippen LogP contribution in [0.15, 0.2) is 23.0 Å². The van der Waals surface area contributed by atoms with E-state index in [1.54, 1.807) is 22.9 Å². The molecule has 1 atom stereocenters. The highest BCUT2D eigenvalue weighted by Gasteiger charge is 2.38. The lowest BCUT2D eigenvalue weighted by Crippen LogP contribution is -2.59. The van der Waals surface area contributed by atoms with Crippen LogP contribution in [0.1, 0.15) is 24.3 Å². The molecular formula is C14H19N3O3. The van der Waals surface area contributed by atoms with Crippen LogP contribution in [0.4, 0.5) is 0 Å². The van der Waals surface area contributed by atoms with Gasteiger partial charge in [-0.2, -0.15) is 0 Å². The summed E-state index contributed by atoms with van der Waals surface area (Å²) in [7, 11) is 1.74. The smallest absolute Gasteiger partial charge is 0.271 e. The molecule has 108 valence electrons. The van der Waals surface area contributed by atoms with Crippen LogP contribution in [0.3, 0.4) is 0 Å². The maximum atomic E-state index is 12.5. The van der Waals surface area contributed by atoms with E-state index < -0.39 is 6.04 Å². The van der Waals surface area contributed by atoms with Crippen LogP contribution in [0.5, 0.6) is 0 Å². The maximum Gasteiger partial charge on any atom is 0.271 e. The summed E-state index contributed by atoms with van der Waals surface area (Å²) in [6, 6.07) is 3.97. The number of amides is 2. The summed E-state index contributed by atoms with van der Waals surface area (Å²) in [4.78, 5) is 41.8. The lowest BCUT2D eigenvalue weighted by molar-refractivity contribution is -0.140. The zero-order chi connectivity index (χ0) is 14.9. The Labute approximate surface area is 117 Å². The highest BCUT2D eigenvalue weighted by Crippen LogP contribution is 2.19. The number of H-pyrrole nitrogens is 1. The van der Waals surface area contributed by atoms with Gasteiger partial charge in [-0.1, -0.05) is 19.9 Å². The molecule has 1 saturated heterocycles. The first-order chi connectivity index (χ1) is 9.41. The fraction of sp³-hybridized carbons (Fsp3) is 0.500. The molecule has 1 aliphatic rings. The van der Waals surface area contributed by atoms with Crippen LogP contribution in [0.25, 0.3) is 0 Å². The minimum atomic E-state index is -0.482. The fourth-order valence-electron chi connectivity index (χ4n) is 2.47.